The summed E-state index contributed by atoms with van der Waals surface area (Å²) < 4.78 is 6.34. The van der Waals surface area contributed by atoms with E-state index in [2.05, 4.69) is 40.7 Å². The molecule has 3 rings (SSSR count). The first-order chi connectivity index (χ1) is 12.3. The van der Waals surface area contributed by atoms with E-state index in [-0.39, 0.29) is 11.5 Å². The molecule has 1 aromatic rings. The molecular weight excluding hydrogens is 320 g/mol. The van der Waals surface area contributed by atoms with Crippen molar-refractivity contribution in [1.29, 1.82) is 0 Å². The van der Waals surface area contributed by atoms with Gasteiger partial charge in [-0.05, 0) is 61.1 Å². The minimum absolute atomic E-state index is 0.0730. The molecule has 1 fully saturated rings. The zero-order valence-corrected chi connectivity index (χ0v) is 17.5. The lowest BCUT2D eigenvalue weighted by atomic mass is 9.67. The summed E-state index contributed by atoms with van der Waals surface area (Å²) in [5.41, 5.74) is 2.38. The molecule has 0 spiro atoms. The Morgan fingerprint density at radius 2 is 1.88 bits per heavy atom. The van der Waals surface area contributed by atoms with Crippen LogP contribution in [0.15, 0.2) is 12.1 Å². The van der Waals surface area contributed by atoms with Crippen LogP contribution >= 0.6 is 0 Å². The topological polar surface area (TPSA) is 29.5 Å². The predicted molar refractivity (Wildman–Crippen MR) is 109 cm³/mol. The highest BCUT2D eigenvalue weighted by Gasteiger charge is 2.41. The van der Waals surface area contributed by atoms with Crippen molar-refractivity contribution < 1.29 is 9.84 Å². The minimum Gasteiger partial charge on any atom is -0.508 e. The molecule has 4 atom stereocenters. The molecule has 1 heterocycles. The van der Waals surface area contributed by atoms with Crippen LogP contribution in [0.5, 0.6) is 11.5 Å². The van der Waals surface area contributed by atoms with Gasteiger partial charge in [-0.15, -0.1) is 0 Å². The summed E-state index contributed by atoms with van der Waals surface area (Å²) in [5.74, 6) is 3.17. The second kappa shape index (κ2) is 7.82. The van der Waals surface area contributed by atoms with E-state index in [0.29, 0.717) is 17.6 Å². The molecule has 2 aliphatic rings. The SMILES string of the molecule is CCCCCCC(C)(C)c1cc(O)c2c(c1)OC(C)[C@@H]1CCC(C)C[C@@H]21. The molecule has 1 aliphatic carbocycles. The number of phenols is 1. The maximum atomic E-state index is 10.9. The van der Waals surface area contributed by atoms with E-state index in [9.17, 15) is 5.11 Å². The van der Waals surface area contributed by atoms with E-state index in [1.165, 1.54) is 50.5 Å². The second-order valence-corrected chi connectivity index (χ2v) is 9.61. The third-order valence-corrected chi connectivity index (χ3v) is 7.01. The molecular formula is C24H38O2. The summed E-state index contributed by atoms with van der Waals surface area (Å²) in [7, 11) is 0. The third kappa shape index (κ3) is 3.89. The molecule has 0 aromatic heterocycles. The monoisotopic (exact) mass is 358 g/mol. The highest BCUT2D eigenvalue weighted by Crippen LogP contribution is 2.53. The van der Waals surface area contributed by atoms with Crippen molar-refractivity contribution in [2.45, 2.75) is 103 Å². The van der Waals surface area contributed by atoms with Crippen LogP contribution in [0.2, 0.25) is 0 Å². The molecule has 0 amide bonds. The number of hydrogen-bond donors (Lipinski definition) is 1. The standard InChI is InChI=1S/C24H38O2/c1-6-7-8-9-12-24(4,5)18-14-21(25)23-20-13-16(2)10-11-19(20)17(3)26-22(23)15-18/h14-17,19-20,25H,6-13H2,1-5H3/t16?,17?,19-,20+/m0/s1. The first-order valence-corrected chi connectivity index (χ1v) is 10.9. The van der Waals surface area contributed by atoms with Crippen molar-refractivity contribution in [2.75, 3.05) is 0 Å². The van der Waals surface area contributed by atoms with Crippen LogP contribution in [0.1, 0.15) is 103 Å². The number of rotatable bonds is 6. The van der Waals surface area contributed by atoms with Gasteiger partial charge in [-0.2, -0.15) is 0 Å². The van der Waals surface area contributed by atoms with Crippen molar-refractivity contribution >= 4 is 0 Å². The lowest BCUT2D eigenvalue weighted by molar-refractivity contribution is 0.0677. The summed E-state index contributed by atoms with van der Waals surface area (Å²) >= 11 is 0. The largest absolute Gasteiger partial charge is 0.508 e. The molecule has 1 N–H and O–H groups in total. The molecule has 1 saturated carbocycles. The number of unbranched alkanes of at least 4 members (excludes halogenated alkanes) is 3. The lowest BCUT2D eigenvalue weighted by Gasteiger charge is -2.43. The quantitative estimate of drug-likeness (QED) is 0.558. The van der Waals surface area contributed by atoms with Gasteiger partial charge in [0.05, 0.1) is 6.10 Å². The Morgan fingerprint density at radius 3 is 2.62 bits per heavy atom. The Hall–Kier alpha value is -1.18. The van der Waals surface area contributed by atoms with Gasteiger partial charge >= 0.3 is 0 Å². The second-order valence-electron chi connectivity index (χ2n) is 9.61. The van der Waals surface area contributed by atoms with Crippen molar-refractivity contribution in [3.05, 3.63) is 23.3 Å². The number of ether oxygens (including phenoxy) is 1. The first kappa shape index (κ1) is 19.6. The maximum absolute atomic E-state index is 10.9. The van der Waals surface area contributed by atoms with E-state index in [1.54, 1.807) is 0 Å². The normalized spacial score (nSPS) is 28.2. The Kier molecular flexibility index (Phi) is 5.89. The number of benzene rings is 1. The van der Waals surface area contributed by atoms with Gasteiger partial charge in [0.2, 0.25) is 0 Å². The highest BCUT2D eigenvalue weighted by atomic mass is 16.5. The minimum atomic E-state index is 0.0730. The van der Waals surface area contributed by atoms with Gasteiger partial charge in [-0.3, -0.25) is 0 Å². The Bertz CT molecular complexity index is 619. The van der Waals surface area contributed by atoms with Crippen molar-refractivity contribution in [1.82, 2.24) is 0 Å². The number of phenolic OH excluding ortho intramolecular Hbond substituents is 1. The molecule has 146 valence electrons. The average molecular weight is 359 g/mol. The van der Waals surface area contributed by atoms with Gasteiger partial charge in [0, 0.05) is 11.5 Å². The molecule has 0 radical (unpaired) electrons. The van der Waals surface area contributed by atoms with Crippen molar-refractivity contribution in [3.8, 4) is 11.5 Å². The molecule has 0 saturated heterocycles. The molecule has 1 aromatic carbocycles. The summed E-state index contributed by atoms with van der Waals surface area (Å²) in [4.78, 5) is 0. The zero-order valence-electron chi connectivity index (χ0n) is 17.5. The number of fused-ring (bicyclic) bond motifs is 3. The van der Waals surface area contributed by atoms with Crippen LogP contribution in [-0.4, -0.2) is 11.2 Å². The van der Waals surface area contributed by atoms with Gasteiger partial charge < -0.3 is 9.84 Å². The Balaban J connectivity index is 1.86. The molecule has 2 heteroatoms. The Morgan fingerprint density at radius 1 is 1.12 bits per heavy atom. The van der Waals surface area contributed by atoms with E-state index in [1.807, 2.05) is 6.07 Å². The summed E-state index contributed by atoms with van der Waals surface area (Å²) in [5, 5.41) is 10.9. The van der Waals surface area contributed by atoms with E-state index in [4.69, 9.17) is 4.74 Å². The fourth-order valence-electron chi connectivity index (χ4n) is 5.20. The van der Waals surface area contributed by atoms with Crippen LogP contribution in [0, 0.1) is 11.8 Å². The van der Waals surface area contributed by atoms with Gasteiger partial charge in [-0.1, -0.05) is 59.8 Å². The maximum Gasteiger partial charge on any atom is 0.127 e. The lowest BCUT2D eigenvalue weighted by Crippen LogP contribution is -2.37. The third-order valence-electron chi connectivity index (χ3n) is 7.01. The fraction of sp³-hybridized carbons (Fsp3) is 0.750. The van der Waals surface area contributed by atoms with E-state index in [0.717, 1.165) is 23.7 Å². The highest BCUT2D eigenvalue weighted by molar-refractivity contribution is 5.52. The smallest absolute Gasteiger partial charge is 0.127 e. The molecule has 1 aliphatic heterocycles. The fourth-order valence-corrected chi connectivity index (χ4v) is 5.20. The molecule has 2 unspecified atom stereocenters. The molecule has 2 nitrogen and oxygen atoms in total. The summed E-state index contributed by atoms with van der Waals surface area (Å²) in [6.07, 6.45) is 10.2. The van der Waals surface area contributed by atoms with Gasteiger partial charge in [-0.25, -0.2) is 0 Å². The first-order valence-electron chi connectivity index (χ1n) is 10.9. The van der Waals surface area contributed by atoms with Crippen LogP contribution < -0.4 is 4.74 Å². The number of aromatic hydroxyl groups is 1. The van der Waals surface area contributed by atoms with Crippen LogP contribution in [0.25, 0.3) is 0 Å². The molecule has 26 heavy (non-hydrogen) atoms. The van der Waals surface area contributed by atoms with E-state index < -0.39 is 0 Å². The van der Waals surface area contributed by atoms with Gasteiger partial charge in [0.25, 0.3) is 0 Å². The van der Waals surface area contributed by atoms with Crippen LogP contribution in [-0.2, 0) is 5.41 Å². The number of hydrogen-bond acceptors (Lipinski definition) is 2. The average Bonchev–Trinajstić information content (AvgIpc) is 2.58. The van der Waals surface area contributed by atoms with Crippen LogP contribution in [0.4, 0.5) is 0 Å². The van der Waals surface area contributed by atoms with Crippen molar-refractivity contribution in [2.24, 2.45) is 11.8 Å². The summed E-state index contributed by atoms with van der Waals surface area (Å²) in [6, 6.07) is 4.27. The Labute approximate surface area is 160 Å². The van der Waals surface area contributed by atoms with E-state index >= 15 is 0 Å². The van der Waals surface area contributed by atoms with Crippen LogP contribution in [0.3, 0.4) is 0 Å². The summed E-state index contributed by atoms with van der Waals surface area (Å²) in [6.45, 7) is 11.4. The molecule has 0 bridgehead atoms. The van der Waals surface area contributed by atoms with Gasteiger partial charge in [0.1, 0.15) is 11.5 Å². The predicted octanol–water partition coefficient (Wildman–Crippen LogP) is 6.94. The zero-order chi connectivity index (χ0) is 18.9. The van der Waals surface area contributed by atoms with Gasteiger partial charge in [0.15, 0.2) is 0 Å². The van der Waals surface area contributed by atoms with Crippen molar-refractivity contribution in [3.63, 3.8) is 0 Å².